The van der Waals surface area contributed by atoms with Gasteiger partial charge in [0.25, 0.3) is 0 Å². The highest BCUT2D eigenvalue weighted by Crippen LogP contribution is 2.43. The Balaban J connectivity index is 0.998. The number of furan rings is 2. The molecule has 11 rings (SSSR count). The van der Waals surface area contributed by atoms with Crippen molar-refractivity contribution in [1.29, 1.82) is 0 Å². The first-order valence-corrected chi connectivity index (χ1v) is 18.7. The van der Waals surface area contributed by atoms with E-state index in [1.54, 1.807) is 0 Å². The molecule has 0 N–H and O–H groups in total. The van der Waals surface area contributed by atoms with E-state index in [2.05, 4.69) is 121 Å². The third kappa shape index (κ3) is 5.45. The second-order valence-corrected chi connectivity index (χ2v) is 14.0. The first kappa shape index (κ1) is 31.9. The van der Waals surface area contributed by atoms with E-state index in [1.807, 2.05) is 66.7 Å². The maximum atomic E-state index is 6.66. The van der Waals surface area contributed by atoms with Crippen LogP contribution in [0.5, 0.6) is 0 Å². The molecule has 0 aliphatic rings. The summed E-state index contributed by atoms with van der Waals surface area (Å²) < 4.78 is 12.9. The highest BCUT2D eigenvalue weighted by atomic mass is 16.3. The molecule has 3 aromatic heterocycles. The van der Waals surface area contributed by atoms with Gasteiger partial charge >= 0.3 is 0 Å². The van der Waals surface area contributed by atoms with Crippen LogP contribution in [0.3, 0.4) is 0 Å². The zero-order chi connectivity index (χ0) is 37.0. The molecule has 0 unspecified atom stereocenters. The molecular formula is C51H31N3O2. The molecule has 0 saturated carbocycles. The van der Waals surface area contributed by atoms with Crippen LogP contribution in [0.15, 0.2) is 197 Å². The Labute approximate surface area is 322 Å². The van der Waals surface area contributed by atoms with Crippen molar-refractivity contribution < 1.29 is 8.83 Å². The minimum Gasteiger partial charge on any atom is -0.456 e. The van der Waals surface area contributed by atoms with Crippen LogP contribution in [0, 0.1) is 0 Å². The number of aromatic nitrogens is 3. The highest BCUT2D eigenvalue weighted by Gasteiger charge is 2.19. The van der Waals surface area contributed by atoms with Gasteiger partial charge in [-0.25, -0.2) is 15.0 Å². The molecule has 0 saturated heterocycles. The van der Waals surface area contributed by atoms with Crippen LogP contribution in [-0.4, -0.2) is 15.0 Å². The molecule has 0 fully saturated rings. The summed E-state index contributed by atoms with van der Waals surface area (Å²) in [7, 11) is 0. The first-order valence-electron chi connectivity index (χ1n) is 18.7. The standard InChI is InChI=1S/C51H31N3O2/c1-3-11-32(12-4-1)33-19-23-36(24-20-33)50-52-49(35-13-5-2-6-14-35)53-51(54-50)37-25-21-34(22-26-37)40-30-29-39(47-43-16-8-10-18-45(43)56-48(40)47)38-27-28-42-41-15-7-9-17-44(41)55-46(42)31-38/h1-31H. The van der Waals surface area contributed by atoms with Crippen LogP contribution in [0.4, 0.5) is 0 Å². The number of rotatable bonds is 6. The largest absolute Gasteiger partial charge is 0.456 e. The normalized spacial score (nSPS) is 11.6. The second kappa shape index (κ2) is 13.0. The van der Waals surface area contributed by atoms with Crippen LogP contribution < -0.4 is 0 Å². The third-order valence-corrected chi connectivity index (χ3v) is 10.6. The maximum absolute atomic E-state index is 6.66. The summed E-state index contributed by atoms with van der Waals surface area (Å²) in [6.45, 7) is 0. The van der Waals surface area contributed by atoms with E-state index in [-0.39, 0.29) is 0 Å². The minimum atomic E-state index is 0.609. The van der Waals surface area contributed by atoms with Gasteiger partial charge in [0.15, 0.2) is 17.5 Å². The predicted octanol–water partition coefficient (Wildman–Crippen LogP) is 13.7. The summed E-state index contributed by atoms with van der Waals surface area (Å²) in [6.07, 6.45) is 0. The molecule has 5 heteroatoms. The van der Waals surface area contributed by atoms with Gasteiger partial charge in [-0.3, -0.25) is 0 Å². The molecule has 0 amide bonds. The van der Waals surface area contributed by atoms with Crippen molar-refractivity contribution >= 4 is 43.9 Å². The van der Waals surface area contributed by atoms with Gasteiger partial charge < -0.3 is 8.83 Å². The van der Waals surface area contributed by atoms with Crippen molar-refractivity contribution in [3.8, 4) is 67.5 Å². The smallest absolute Gasteiger partial charge is 0.164 e. The van der Waals surface area contributed by atoms with Crippen LogP contribution in [0.25, 0.3) is 111 Å². The van der Waals surface area contributed by atoms with Crippen molar-refractivity contribution in [3.05, 3.63) is 188 Å². The van der Waals surface area contributed by atoms with Crippen molar-refractivity contribution in [2.75, 3.05) is 0 Å². The molecule has 262 valence electrons. The number of para-hydroxylation sites is 2. The summed E-state index contributed by atoms with van der Waals surface area (Å²) in [5.41, 5.74) is 12.7. The van der Waals surface area contributed by atoms with Crippen molar-refractivity contribution in [2.45, 2.75) is 0 Å². The monoisotopic (exact) mass is 717 g/mol. The van der Waals surface area contributed by atoms with E-state index in [0.29, 0.717) is 17.5 Å². The lowest BCUT2D eigenvalue weighted by atomic mass is 9.94. The highest BCUT2D eigenvalue weighted by molar-refractivity contribution is 6.17. The Bertz CT molecular complexity index is 3220. The molecule has 0 bridgehead atoms. The minimum absolute atomic E-state index is 0.609. The van der Waals surface area contributed by atoms with E-state index >= 15 is 0 Å². The van der Waals surface area contributed by atoms with E-state index < -0.39 is 0 Å². The predicted molar refractivity (Wildman–Crippen MR) is 227 cm³/mol. The molecule has 56 heavy (non-hydrogen) atoms. The lowest BCUT2D eigenvalue weighted by Gasteiger charge is -2.11. The van der Waals surface area contributed by atoms with E-state index in [4.69, 9.17) is 23.8 Å². The quantitative estimate of drug-likeness (QED) is 0.171. The van der Waals surface area contributed by atoms with E-state index in [9.17, 15) is 0 Å². The zero-order valence-corrected chi connectivity index (χ0v) is 30.1. The van der Waals surface area contributed by atoms with Crippen LogP contribution >= 0.6 is 0 Å². The average molecular weight is 718 g/mol. The Morgan fingerprint density at radius 3 is 1.39 bits per heavy atom. The summed E-state index contributed by atoms with van der Waals surface area (Å²) in [4.78, 5) is 14.9. The van der Waals surface area contributed by atoms with E-state index in [0.717, 1.165) is 88.4 Å². The molecular weight excluding hydrogens is 687 g/mol. The number of hydrogen-bond acceptors (Lipinski definition) is 5. The molecule has 8 aromatic carbocycles. The van der Waals surface area contributed by atoms with E-state index in [1.165, 1.54) is 5.56 Å². The van der Waals surface area contributed by atoms with Crippen LogP contribution in [0.1, 0.15) is 0 Å². The topological polar surface area (TPSA) is 65.0 Å². The van der Waals surface area contributed by atoms with Crippen LogP contribution in [-0.2, 0) is 0 Å². The summed E-state index contributed by atoms with van der Waals surface area (Å²) in [6, 6.07) is 64.5. The Morgan fingerprint density at radius 1 is 0.286 bits per heavy atom. The average Bonchev–Trinajstić information content (AvgIpc) is 3.85. The fourth-order valence-electron chi connectivity index (χ4n) is 7.78. The lowest BCUT2D eigenvalue weighted by Crippen LogP contribution is -2.00. The maximum Gasteiger partial charge on any atom is 0.164 e. The molecule has 0 spiro atoms. The molecule has 0 atom stereocenters. The van der Waals surface area contributed by atoms with Crippen molar-refractivity contribution in [2.24, 2.45) is 0 Å². The van der Waals surface area contributed by atoms with Crippen LogP contribution in [0.2, 0.25) is 0 Å². The van der Waals surface area contributed by atoms with Gasteiger partial charge in [0.05, 0.1) is 0 Å². The number of hydrogen-bond donors (Lipinski definition) is 0. The van der Waals surface area contributed by atoms with Crippen molar-refractivity contribution in [1.82, 2.24) is 15.0 Å². The van der Waals surface area contributed by atoms with Gasteiger partial charge in [0.2, 0.25) is 0 Å². The molecule has 5 nitrogen and oxygen atoms in total. The van der Waals surface area contributed by atoms with Gasteiger partial charge in [-0.1, -0.05) is 158 Å². The zero-order valence-electron chi connectivity index (χ0n) is 30.1. The second-order valence-electron chi connectivity index (χ2n) is 14.0. The molecule has 0 aliphatic carbocycles. The molecule has 0 radical (unpaired) electrons. The van der Waals surface area contributed by atoms with Gasteiger partial charge in [-0.05, 0) is 58.1 Å². The number of benzene rings is 8. The summed E-state index contributed by atoms with van der Waals surface area (Å²) >= 11 is 0. The molecule has 11 aromatic rings. The number of nitrogens with zero attached hydrogens (tertiary/aromatic N) is 3. The fraction of sp³-hybridized carbons (Fsp3) is 0. The summed E-state index contributed by atoms with van der Waals surface area (Å²) in [5, 5.41) is 4.37. The molecule has 3 heterocycles. The third-order valence-electron chi connectivity index (χ3n) is 10.6. The molecule has 0 aliphatic heterocycles. The number of fused-ring (bicyclic) bond motifs is 6. The van der Waals surface area contributed by atoms with Gasteiger partial charge in [0, 0.05) is 43.8 Å². The van der Waals surface area contributed by atoms with Gasteiger partial charge in [0.1, 0.15) is 22.3 Å². The first-order chi connectivity index (χ1) is 27.7. The van der Waals surface area contributed by atoms with Gasteiger partial charge in [-0.15, -0.1) is 0 Å². The van der Waals surface area contributed by atoms with Gasteiger partial charge in [-0.2, -0.15) is 0 Å². The summed E-state index contributed by atoms with van der Waals surface area (Å²) in [5.74, 6) is 1.86. The Morgan fingerprint density at radius 2 is 0.732 bits per heavy atom. The SMILES string of the molecule is c1ccc(-c2ccc(-c3nc(-c4ccccc4)nc(-c4ccc(-c5ccc(-c6ccc7c(c6)oc6ccccc67)c6c5oc5ccccc56)cc4)n3)cc2)cc1. The fourth-order valence-corrected chi connectivity index (χ4v) is 7.78. The lowest BCUT2D eigenvalue weighted by molar-refractivity contribution is 0.668. The van der Waals surface area contributed by atoms with Crippen molar-refractivity contribution in [3.63, 3.8) is 0 Å². The Kier molecular flexibility index (Phi) is 7.42. The Hall–Kier alpha value is -7.63.